The second-order valence-corrected chi connectivity index (χ2v) is 9.75. The third kappa shape index (κ3) is 4.44. The molecule has 1 aromatic heterocycles. The Labute approximate surface area is 192 Å². The molecule has 0 saturated carbocycles. The van der Waals surface area contributed by atoms with Gasteiger partial charge in [-0.1, -0.05) is 29.5 Å². The molecule has 4 heterocycles. The lowest BCUT2D eigenvalue weighted by atomic mass is 9.97. The van der Waals surface area contributed by atoms with Gasteiger partial charge >= 0.3 is 0 Å². The maximum atomic E-state index is 12.9. The predicted octanol–water partition coefficient (Wildman–Crippen LogP) is 2.45. The van der Waals surface area contributed by atoms with Gasteiger partial charge in [0, 0.05) is 51.4 Å². The van der Waals surface area contributed by atoms with E-state index in [0.717, 1.165) is 63.4 Å². The van der Waals surface area contributed by atoms with Crippen LogP contribution >= 0.6 is 11.3 Å². The van der Waals surface area contributed by atoms with Gasteiger partial charge in [0.05, 0.1) is 5.92 Å². The molecule has 2 fully saturated rings. The van der Waals surface area contributed by atoms with E-state index in [0.29, 0.717) is 24.6 Å². The Kier molecular flexibility index (Phi) is 6.25. The maximum Gasteiger partial charge on any atom is 0.228 e. The molecule has 0 aliphatic carbocycles. The van der Waals surface area contributed by atoms with Gasteiger partial charge in [-0.2, -0.15) is 0 Å². The molecule has 2 saturated heterocycles. The van der Waals surface area contributed by atoms with Gasteiger partial charge in [0.2, 0.25) is 22.1 Å². The van der Waals surface area contributed by atoms with E-state index in [1.165, 1.54) is 22.6 Å². The topological polar surface area (TPSA) is 81.7 Å². The number of rotatable bonds is 6. The normalized spacial score (nSPS) is 21.1. The van der Waals surface area contributed by atoms with Crippen LogP contribution in [0.3, 0.4) is 0 Å². The number of aryl methyl sites for hydroxylation is 1. The van der Waals surface area contributed by atoms with Gasteiger partial charge in [-0.25, -0.2) is 0 Å². The maximum absolute atomic E-state index is 12.9. The van der Waals surface area contributed by atoms with E-state index in [4.69, 9.17) is 0 Å². The molecule has 0 radical (unpaired) electrons. The van der Waals surface area contributed by atoms with Gasteiger partial charge in [-0.15, -0.1) is 10.2 Å². The second kappa shape index (κ2) is 9.44. The summed E-state index contributed by atoms with van der Waals surface area (Å²) in [6.45, 7) is 4.79. The number of carbonyl (C=O) groups excluding carboxylic acids is 2. The van der Waals surface area contributed by atoms with E-state index in [1.807, 2.05) is 0 Å². The molecule has 0 spiro atoms. The number of nitrogens with zero attached hydrogens (tertiary/aromatic N) is 5. The summed E-state index contributed by atoms with van der Waals surface area (Å²) in [6, 6.07) is 8.57. The van der Waals surface area contributed by atoms with Crippen LogP contribution in [0.4, 0.5) is 16.0 Å². The number of benzene rings is 1. The van der Waals surface area contributed by atoms with Gasteiger partial charge in [-0.3, -0.25) is 14.5 Å². The molecule has 1 atom stereocenters. The summed E-state index contributed by atoms with van der Waals surface area (Å²) in [5, 5.41) is 13.2. The Morgan fingerprint density at radius 2 is 1.91 bits per heavy atom. The zero-order valence-electron chi connectivity index (χ0n) is 18.3. The lowest BCUT2D eigenvalue weighted by Gasteiger charge is -2.33. The highest BCUT2D eigenvalue weighted by atomic mass is 32.1. The second-order valence-electron chi connectivity index (χ2n) is 8.81. The highest BCUT2D eigenvalue weighted by Crippen LogP contribution is 2.32. The Morgan fingerprint density at radius 3 is 2.78 bits per heavy atom. The number of hydrogen-bond donors (Lipinski definition) is 1. The van der Waals surface area contributed by atoms with Gasteiger partial charge < -0.3 is 15.1 Å². The molecule has 3 aliphatic rings. The van der Waals surface area contributed by atoms with Crippen LogP contribution in [0.15, 0.2) is 24.3 Å². The molecule has 2 aromatic rings. The van der Waals surface area contributed by atoms with Gasteiger partial charge in [0.15, 0.2) is 0 Å². The van der Waals surface area contributed by atoms with Gasteiger partial charge in [0.25, 0.3) is 0 Å². The van der Waals surface area contributed by atoms with Crippen LogP contribution < -0.4 is 20.0 Å². The van der Waals surface area contributed by atoms with Crippen molar-refractivity contribution < 1.29 is 9.59 Å². The predicted molar refractivity (Wildman–Crippen MR) is 126 cm³/mol. The first-order valence-electron chi connectivity index (χ1n) is 11.7. The number of nitrogens with one attached hydrogen (secondary N) is 1. The quantitative estimate of drug-likeness (QED) is 0.722. The minimum atomic E-state index is -0.0434. The first kappa shape index (κ1) is 21.2. The van der Waals surface area contributed by atoms with Crippen molar-refractivity contribution in [1.82, 2.24) is 15.5 Å². The molecule has 5 rings (SSSR count). The molecular weight excluding hydrogens is 424 g/mol. The van der Waals surface area contributed by atoms with E-state index in [1.54, 1.807) is 4.90 Å². The SMILES string of the molecule is O=C(NCCN1CCCc2ccccc21)[C@@H]1CCCN(c2nnc(N3CCCC3=O)s2)C1. The van der Waals surface area contributed by atoms with E-state index in [2.05, 4.69) is 49.6 Å². The van der Waals surface area contributed by atoms with Crippen molar-refractivity contribution >= 4 is 39.1 Å². The lowest BCUT2D eigenvalue weighted by Crippen LogP contribution is -2.45. The van der Waals surface area contributed by atoms with Crippen LogP contribution in [0, 0.1) is 5.92 Å². The number of aromatic nitrogens is 2. The Balaban J connectivity index is 1.14. The standard InChI is InChI=1S/C23H30N6O2S/c30-20-10-5-14-29(20)23-26-25-22(32-23)28-13-4-8-18(16-28)21(31)24-11-15-27-12-3-7-17-6-1-2-9-19(17)27/h1-2,6,9,18H,3-5,7-8,10-16H2,(H,24,31)/t18-/m1/s1. The molecule has 2 amide bonds. The van der Waals surface area contributed by atoms with Crippen LogP contribution in [0.25, 0.3) is 0 Å². The van der Waals surface area contributed by atoms with Gasteiger partial charge in [-0.05, 0) is 43.7 Å². The molecule has 0 bridgehead atoms. The molecule has 3 aliphatic heterocycles. The molecule has 0 unspecified atom stereocenters. The Bertz CT molecular complexity index is 979. The molecular formula is C23H30N6O2S. The minimum Gasteiger partial charge on any atom is -0.370 e. The average molecular weight is 455 g/mol. The van der Waals surface area contributed by atoms with Crippen molar-refractivity contribution in [3.8, 4) is 0 Å². The summed E-state index contributed by atoms with van der Waals surface area (Å²) in [7, 11) is 0. The summed E-state index contributed by atoms with van der Waals surface area (Å²) in [6.07, 6.45) is 5.61. The van der Waals surface area contributed by atoms with Crippen molar-refractivity contribution in [1.29, 1.82) is 0 Å². The summed E-state index contributed by atoms with van der Waals surface area (Å²) in [4.78, 5) is 31.1. The Morgan fingerprint density at radius 1 is 1.06 bits per heavy atom. The molecule has 1 N–H and O–H groups in total. The van der Waals surface area contributed by atoms with E-state index >= 15 is 0 Å². The van der Waals surface area contributed by atoms with E-state index in [9.17, 15) is 9.59 Å². The number of hydrogen-bond acceptors (Lipinski definition) is 7. The van der Waals surface area contributed by atoms with Crippen molar-refractivity contribution in [3.63, 3.8) is 0 Å². The summed E-state index contributed by atoms with van der Waals surface area (Å²) < 4.78 is 0. The number of carbonyl (C=O) groups is 2. The lowest BCUT2D eigenvalue weighted by molar-refractivity contribution is -0.125. The third-order valence-electron chi connectivity index (χ3n) is 6.66. The monoisotopic (exact) mass is 454 g/mol. The Hall–Kier alpha value is -2.68. The molecule has 1 aromatic carbocycles. The molecule has 9 heteroatoms. The molecule has 32 heavy (non-hydrogen) atoms. The zero-order chi connectivity index (χ0) is 21.9. The average Bonchev–Trinajstić information content (AvgIpc) is 3.48. The van der Waals surface area contributed by atoms with Crippen molar-refractivity contribution in [3.05, 3.63) is 29.8 Å². The highest BCUT2D eigenvalue weighted by Gasteiger charge is 2.30. The van der Waals surface area contributed by atoms with Crippen LogP contribution in [-0.4, -0.2) is 61.3 Å². The first-order chi connectivity index (χ1) is 15.7. The van der Waals surface area contributed by atoms with Crippen LogP contribution in [0.5, 0.6) is 0 Å². The fraction of sp³-hybridized carbons (Fsp3) is 0.565. The number of amides is 2. The number of para-hydroxylation sites is 1. The smallest absolute Gasteiger partial charge is 0.228 e. The van der Waals surface area contributed by atoms with Crippen molar-refractivity contribution in [2.45, 2.75) is 38.5 Å². The van der Waals surface area contributed by atoms with Crippen LogP contribution in [0.2, 0.25) is 0 Å². The first-order valence-corrected chi connectivity index (χ1v) is 12.5. The minimum absolute atomic E-state index is 0.0434. The fourth-order valence-corrected chi connectivity index (χ4v) is 5.89. The fourth-order valence-electron chi connectivity index (χ4n) is 4.96. The van der Waals surface area contributed by atoms with Crippen molar-refractivity contribution in [2.24, 2.45) is 5.92 Å². The number of fused-ring (bicyclic) bond motifs is 1. The number of anilines is 3. The van der Waals surface area contributed by atoms with Gasteiger partial charge in [0.1, 0.15) is 0 Å². The zero-order valence-corrected chi connectivity index (χ0v) is 19.1. The molecule has 8 nitrogen and oxygen atoms in total. The summed E-state index contributed by atoms with van der Waals surface area (Å²) in [5.74, 6) is 0.206. The third-order valence-corrected chi connectivity index (χ3v) is 7.67. The van der Waals surface area contributed by atoms with Crippen LogP contribution in [0.1, 0.15) is 37.7 Å². The molecule has 170 valence electrons. The van der Waals surface area contributed by atoms with E-state index in [-0.39, 0.29) is 17.7 Å². The summed E-state index contributed by atoms with van der Waals surface area (Å²) >= 11 is 1.45. The summed E-state index contributed by atoms with van der Waals surface area (Å²) in [5.41, 5.74) is 2.71. The van der Waals surface area contributed by atoms with E-state index < -0.39 is 0 Å². The van der Waals surface area contributed by atoms with Crippen LogP contribution in [-0.2, 0) is 16.0 Å². The number of piperidine rings is 1. The highest BCUT2D eigenvalue weighted by molar-refractivity contribution is 7.19. The largest absolute Gasteiger partial charge is 0.370 e. The van der Waals surface area contributed by atoms with Crippen molar-refractivity contribution in [2.75, 3.05) is 54.0 Å².